The molecule has 1 heterocycles. The minimum absolute atomic E-state index is 0.0773. The maximum atomic E-state index is 10.6. The number of aliphatic carboxylic acids is 1. The van der Waals surface area contributed by atoms with Gasteiger partial charge in [0.25, 0.3) is 0 Å². The van der Waals surface area contributed by atoms with Gasteiger partial charge in [-0.25, -0.2) is 0 Å². The van der Waals surface area contributed by atoms with Crippen LogP contribution >= 0.6 is 11.6 Å². The lowest BCUT2D eigenvalue weighted by Gasteiger charge is -2.23. The van der Waals surface area contributed by atoms with Gasteiger partial charge in [0.15, 0.2) is 0 Å². The third-order valence-electron chi connectivity index (χ3n) is 3.17. The number of rotatable bonds is 4. The molecule has 0 amide bonds. The maximum Gasteiger partial charge on any atom is 0.304 e. The lowest BCUT2D eigenvalue weighted by molar-refractivity contribution is -0.137. The smallest absolute Gasteiger partial charge is 0.304 e. The van der Waals surface area contributed by atoms with Crippen molar-refractivity contribution in [2.75, 3.05) is 0 Å². The standard InChI is InChI=1S/C12H15ClO3/c1-7(5-11(14)15)10-6-9(13)12(16-10)8-3-2-4-8/h6-8H,2-5H2,1H3,(H,14,15). The van der Waals surface area contributed by atoms with E-state index in [1.807, 2.05) is 6.92 Å². The van der Waals surface area contributed by atoms with Crippen molar-refractivity contribution in [2.24, 2.45) is 0 Å². The molecule has 3 nitrogen and oxygen atoms in total. The number of hydrogen-bond donors (Lipinski definition) is 1. The molecule has 1 aromatic rings. The van der Waals surface area contributed by atoms with Gasteiger partial charge in [0, 0.05) is 11.8 Å². The van der Waals surface area contributed by atoms with Crippen molar-refractivity contribution in [2.45, 2.75) is 44.4 Å². The Balaban J connectivity index is 2.13. The van der Waals surface area contributed by atoms with Crippen LogP contribution in [0.25, 0.3) is 0 Å². The summed E-state index contributed by atoms with van der Waals surface area (Å²) in [4.78, 5) is 10.6. The fraction of sp³-hybridized carbons (Fsp3) is 0.583. The van der Waals surface area contributed by atoms with Crippen molar-refractivity contribution in [3.63, 3.8) is 0 Å². The molecule has 0 radical (unpaired) electrons. The summed E-state index contributed by atoms with van der Waals surface area (Å²) in [7, 11) is 0. The van der Waals surface area contributed by atoms with E-state index >= 15 is 0 Å². The molecule has 0 spiro atoms. The minimum atomic E-state index is -0.815. The first-order chi connectivity index (χ1) is 7.58. The van der Waals surface area contributed by atoms with E-state index in [0.717, 1.165) is 18.6 Å². The van der Waals surface area contributed by atoms with Crippen LogP contribution in [0, 0.1) is 0 Å². The van der Waals surface area contributed by atoms with E-state index < -0.39 is 5.97 Å². The maximum absolute atomic E-state index is 10.6. The number of carboxylic acids is 1. The second-order valence-corrected chi connectivity index (χ2v) is 4.89. The molecule has 1 saturated carbocycles. The van der Waals surface area contributed by atoms with Crippen molar-refractivity contribution in [1.82, 2.24) is 0 Å². The number of furan rings is 1. The Labute approximate surface area is 99.4 Å². The minimum Gasteiger partial charge on any atom is -0.481 e. The van der Waals surface area contributed by atoms with Gasteiger partial charge in [0.2, 0.25) is 0 Å². The quantitative estimate of drug-likeness (QED) is 0.874. The first kappa shape index (κ1) is 11.5. The molecule has 1 aliphatic carbocycles. The molecule has 0 saturated heterocycles. The van der Waals surface area contributed by atoms with Gasteiger partial charge in [-0.2, -0.15) is 0 Å². The fourth-order valence-electron chi connectivity index (χ4n) is 1.96. The Kier molecular flexibility index (Phi) is 3.24. The molecule has 2 rings (SSSR count). The summed E-state index contributed by atoms with van der Waals surface area (Å²) < 4.78 is 5.69. The predicted octanol–water partition coefficient (Wildman–Crippen LogP) is 3.78. The SMILES string of the molecule is CC(CC(=O)O)c1cc(Cl)c(C2CCC2)o1. The zero-order chi connectivity index (χ0) is 11.7. The Morgan fingerprint density at radius 2 is 2.38 bits per heavy atom. The van der Waals surface area contributed by atoms with Crippen LogP contribution in [0.3, 0.4) is 0 Å². The van der Waals surface area contributed by atoms with Gasteiger partial charge in [-0.3, -0.25) is 4.79 Å². The Bertz CT molecular complexity index is 393. The third kappa shape index (κ3) is 2.24. The zero-order valence-corrected chi connectivity index (χ0v) is 9.96. The van der Waals surface area contributed by atoms with Gasteiger partial charge in [-0.15, -0.1) is 0 Å². The van der Waals surface area contributed by atoms with Crippen LogP contribution in [0.15, 0.2) is 10.5 Å². The molecular formula is C12H15ClO3. The number of carboxylic acid groups (broad SMARTS) is 1. The molecule has 1 aromatic heterocycles. The van der Waals surface area contributed by atoms with Gasteiger partial charge in [-0.1, -0.05) is 24.9 Å². The van der Waals surface area contributed by atoms with Crippen molar-refractivity contribution < 1.29 is 14.3 Å². The van der Waals surface area contributed by atoms with Crippen LogP contribution in [0.4, 0.5) is 0 Å². The highest BCUT2D eigenvalue weighted by Crippen LogP contribution is 2.42. The van der Waals surface area contributed by atoms with E-state index in [9.17, 15) is 4.79 Å². The van der Waals surface area contributed by atoms with Gasteiger partial charge < -0.3 is 9.52 Å². The molecule has 1 fully saturated rings. The second-order valence-electron chi connectivity index (χ2n) is 4.49. The average molecular weight is 243 g/mol. The third-order valence-corrected chi connectivity index (χ3v) is 3.47. The lowest BCUT2D eigenvalue weighted by Crippen LogP contribution is -2.08. The summed E-state index contributed by atoms with van der Waals surface area (Å²) >= 11 is 6.09. The molecule has 0 aliphatic heterocycles. The molecule has 0 bridgehead atoms. The topological polar surface area (TPSA) is 50.4 Å². The molecule has 1 aliphatic rings. The Hall–Kier alpha value is -0.960. The Morgan fingerprint density at radius 1 is 1.69 bits per heavy atom. The predicted molar refractivity (Wildman–Crippen MR) is 61.0 cm³/mol. The van der Waals surface area contributed by atoms with Gasteiger partial charge in [0.1, 0.15) is 11.5 Å². The van der Waals surface area contributed by atoms with E-state index in [1.165, 1.54) is 6.42 Å². The molecule has 1 unspecified atom stereocenters. The van der Waals surface area contributed by atoms with Crippen molar-refractivity contribution >= 4 is 17.6 Å². The molecule has 1 atom stereocenters. The Morgan fingerprint density at radius 3 is 2.88 bits per heavy atom. The molecule has 16 heavy (non-hydrogen) atoms. The summed E-state index contributed by atoms with van der Waals surface area (Å²) in [5.41, 5.74) is 0. The molecular weight excluding hydrogens is 228 g/mol. The van der Waals surface area contributed by atoms with E-state index in [2.05, 4.69) is 0 Å². The monoisotopic (exact) mass is 242 g/mol. The molecule has 4 heteroatoms. The number of halogens is 1. The zero-order valence-electron chi connectivity index (χ0n) is 9.20. The first-order valence-electron chi connectivity index (χ1n) is 5.59. The summed E-state index contributed by atoms with van der Waals surface area (Å²) in [5.74, 6) is 1.04. The van der Waals surface area contributed by atoms with Gasteiger partial charge in [-0.05, 0) is 18.9 Å². The summed E-state index contributed by atoms with van der Waals surface area (Å²) in [5, 5.41) is 9.36. The summed E-state index contributed by atoms with van der Waals surface area (Å²) in [6, 6.07) is 1.77. The van der Waals surface area contributed by atoms with Crippen LogP contribution in [0.1, 0.15) is 56.0 Å². The largest absolute Gasteiger partial charge is 0.481 e. The number of hydrogen-bond acceptors (Lipinski definition) is 2. The van der Waals surface area contributed by atoms with E-state index in [-0.39, 0.29) is 12.3 Å². The van der Waals surface area contributed by atoms with Crippen LogP contribution in [0.2, 0.25) is 5.02 Å². The van der Waals surface area contributed by atoms with Gasteiger partial charge >= 0.3 is 5.97 Å². The highest BCUT2D eigenvalue weighted by Gasteiger charge is 2.27. The molecule has 1 N–H and O–H groups in total. The highest BCUT2D eigenvalue weighted by atomic mass is 35.5. The van der Waals surface area contributed by atoms with Crippen LogP contribution in [0.5, 0.6) is 0 Å². The van der Waals surface area contributed by atoms with Crippen molar-refractivity contribution in [3.05, 3.63) is 22.6 Å². The van der Waals surface area contributed by atoms with E-state index in [0.29, 0.717) is 16.7 Å². The normalized spacial score (nSPS) is 18.1. The van der Waals surface area contributed by atoms with Crippen LogP contribution < -0.4 is 0 Å². The van der Waals surface area contributed by atoms with Crippen LogP contribution in [-0.4, -0.2) is 11.1 Å². The summed E-state index contributed by atoms with van der Waals surface area (Å²) in [6.07, 6.45) is 3.55. The molecule has 88 valence electrons. The highest BCUT2D eigenvalue weighted by molar-refractivity contribution is 6.31. The second kappa shape index (κ2) is 4.50. The lowest BCUT2D eigenvalue weighted by atomic mass is 9.84. The van der Waals surface area contributed by atoms with Crippen LogP contribution in [-0.2, 0) is 4.79 Å². The number of carbonyl (C=O) groups is 1. The summed E-state index contributed by atoms with van der Waals surface area (Å²) in [6.45, 7) is 1.84. The van der Waals surface area contributed by atoms with Gasteiger partial charge in [0.05, 0.1) is 11.4 Å². The van der Waals surface area contributed by atoms with Crippen molar-refractivity contribution in [3.8, 4) is 0 Å². The molecule has 0 aromatic carbocycles. The van der Waals surface area contributed by atoms with Crippen molar-refractivity contribution in [1.29, 1.82) is 0 Å². The van der Waals surface area contributed by atoms with E-state index in [1.54, 1.807) is 6.07 Å². The fourth-order valence-corrected chi connectivity index (χ4v) is 2.26. The van der Waals surface area contributed by atoms with E-state index in [4.69, 9.17) is 21.1 Å². The average Bonchev–Trinajstić information content (AvgIpc) is 2.44. The first-order valence-corrected chi connectivity index (χ1v) is 5.96.